The highest BCUT2D eigenvalue weighted by Gasteiger charge is 2.30. The summed E-state index contributed by atoms with van der Waals surface area (Å²) in [6.07, 6.45) is 0.210. The molecule has 51 heavy (non-hydrogen) atoms. The van der Waals surface area contributed by atoms with Crippen LogP contribution in [0.2, 0.25) is 10.0 Å². The molecule has 0 atom stereocenters. The SMILES string of the molecule is COc1cccc(CC(=O)N(Cc2cccc(CN(Cc3ccc(-c4ccc(F)cc4)cc3)S(=O)(=O)c3cc(Cl)cc(Cl)c3O)c2)CC(C)C)c1. The molecular weight excluding hydrogens is 710 g/mol. The van der Waals surface area contributed by atoms with Gasteiger partial charge in [-0.1, -0.05) is 110 Å². The number of carbonyl (C=O) groups is 1. The van der Waals surface area contributed by atoms with Gasteiger partial charge in [-0.2, -0.15) is 4.31 Å². The van der Waals surface area contributed by atoms with Crippen LogP contribution < -0.4 is 4.74 Å². The first-order valence-corrected chi connectivity index (χ1v) is 18.5. The van der Waals surface area contributed by atoms with Crippen molar-refractivity contribution in [1.82, 2.24) is 9.21 Å². The molecule has 0 aliphatic carbocycles. The molecule has 0 heterocycles. The molecule has 0 radical (unpaired) electrons. The Bertz CT molecular complexity index is 2090. The number of phenols is 1. The van der Waals surface area contributed by atoms with Gasteiger partial charge in [0.2, 0.25) is 15.9 Å². The first kappa shape index (κ1) is 37.8. The number of ether oxygens (including phenoxy) is 1. The fourth-order valence-electron chi connectivity index (χ4n) is 5.77. The van der Waals surface area contributed by atoms with Crippen LogP contribution in [-0.4, -0.2) is 42.3 Å². The maximum atomic E-state index is 14.2. The van der Waals surface area contributed by atoms with E-state index in [-0.39, 0.29) is 47.2 Å². The lowest BCUT2D eigenvalue weighted by Gasteiger charge is -2.26. The normalized spacial score (nSPS) is 11.6. The minimum atomic E-state index is -4.35. The van der Waals surface area contributed by atoms with Gasteiger partial charge in [0.1, 0.15) is 16.5 Å². The Morgan fingerprint density at radius 2 is 1.37 bits per heavy atom. The van der Waals surface area contributed by atoms with E-state index in [1.54, 1.807) is 31.4 Å². The van der Waals surface area contributed by atoms with Crippen LogP contribution in [0.4, 0.5) is 4.39 Å². The highest BCUT2D eigenvalue weighted by molar-refractivity contribution is 7.89. The lowest BCUT2D eigenvalue weighted by Crippen LogP contribution is -2.35. The van der Waals surface area contributed by atoms with Gasteiger partial charge in [-0.3, -0.25) is 4.79 Å². The zero-order chi connectivity index (χ0) is 36.7. The second kappa shape index (κ2) is 16.7. The van der Waals surface area contributed by atoms with E-state index < -0.39 is 20.7 Å². The molecule has 0 unspecified atom stereocenters. The third-order valence-corrected chi connectivity index (χ3v) is 10.6. The van der Waals surface area contributed by atoms with E-state index in [2.05, 4.69) is 13.8 Å². The quantitative estimate of drug-likeness (QED) is 0.122. The van der Waals surface area contributed by atoms with Gasteiger partial charge in [-0.25, -0.2) is 12.8 Å². The van der Waals surface area contributed by atoms with Crippen molar-refractivity contribution in [2.24, 2.45) is 5.92 Å². The fourth-order valence-corrected chi connectivity index (χ4v) is 7.93. The predicted octanol–water partition coefficient (Wildman–Crippen LogP) is 9.13. The van der Waals surface area contributed by atoms with Gasteiger partial charge in [0.05, 0.1) is 18.6 Å². The topological polar surface area (TPSA) is 87.2 Å². The van der Waals surface area contributed by atoms with Crippen LogP contribution in [0.15, 0.2) is 114 Å². The second-order valence-corrected chi connectivity index (χ2v) is 15.5. The van der Waals surface area contributed by atoms with Crippen LogP contribution >= 0.6 is 23.2 Å². The maximum Gasteiger partial charge on any atom is 0.247 e. The van der Waals surface area contributed by atoms with Crippen LogP contribution in [0.25, 0.3) is 11.1 Å². The lowest BCUT2D eigenvalue weighted by molar-refractivity contribution is -0.131. The largest absolute Gasteiger partial charge is 0.505 e. The van der Waals surface area contributed by atoms with E-state index >= 15 is 0 Å². The first-order valence-electron chi connectivity index (χ1n) is 16.3. The molecule has 11 heteroatoms. The van der Waals surface area contributed by atoms with Crippen molar-refractivity contribution in [2.75, 3.05) is 13.7 Å². The number of rotatable bonds is 14. The molecule has 5 aromatic rings. The molecule has 0 saturated heterocycles. The molecule has 0 saturated carbocycles. The summed E-state index contributed by atoms with van der Waals surface area (Å²) < 4.78 is 48.5. The van der Waals surface area contributed by atoms with Gasteiger partial charge in [-0.15, -0.1) is 0 Å². The number of phenolic OH excluding ortho intramolecular Hbond substituents is 1. The summed E-state index contributed by atoms with van der Waals surface area (Å²) in [5.74, 6) is -0.0683. The van der Waals surface area contributed by atoms with Gasteiger partial charge in [0.15, 0.2) is 5.75 Å². The summed E-state index contributed by atoms with van der Waals surface area (Å²) in [4.78, 5) is 15.0. The first-order chi connectivity index (χ1) is 24.3. The minimum absolute atomic E-state index is 0.0380. The third-order valence-electron chi connectivity index (χ3n) is 8.25. The standard InChI is InChI=1S/C40H39Cl2FN2O5S/c1-27(2)23-44(39(46)20-29-6-5-9-36(19-29)50-3)24-30-7-4-8-31(18-30)26-45(51(48,49)38-22-34(41)21-37(42)40(38)47)25-28-10-12-32(13-11-28)33-14-16-35(43)17-15-33/h4-19,21-22,27,47H,20,23-26H2,1-3H3. The zero-order valence-corrected chi connectivity index (χ0v) is 30.9. The van der Waals surface area contributed by atoms with Gasteiger partial charge in [0, 0.05) is 31.2 Å². The van der Waals surface area contributed by atoms with Crippen molar-refractivity contribution in [3.05, 3.63) is 147 Å². The Hall–Kier alpha value is -4.41. The van der Waals surface area contributed by atoms with Gasteiger partial charge in [0.25, 0.3) is 0 Å². The molecule has 5 rings (SSSR count). The summed E-state index contributed by atoms with van der Waals surface area (Å²) in [5.41, 5.74) is 4.69. The Labute approximate surface area is 308 Å². The van der Waals surface area contributed by atoms with Crippen molar-refractivity contribution in [1.29, 1.82) is 0 Å². The molecule has 0 fully saturated rings. The van der Waals surface area contributed by atoms with Crippen LogP contribution in [0, 0.1) is 11.7 Å². The van der Waals surface area contributed by atoms with E-state index in [9.17, 15) is 22.7 Å². The maximum absolute atomic E-state index is 14.2. The van der Waals surface area contributed by atoms with Crippen molar-refractivity contribution in [3.63, 3.8) is 0 Å². The van der Waals surface area contributed by atoms with E-state index in [1.165, 1.54) is 28.6 Å². The monoisotopic (exact) mass is 748 g/mol. The van der Waals surface area contributed by atoms with E-state index in [1.807, 2.05) is 65.6 Å². The van der Waals surface area contributed by atoms with Crippen molar-refractivity contribution in [2.45, 2.75) is 44.8 Å². The fraction of sp³-hybridized carbons (Fsp3) is 0.225. The van der Waals surface area contributed by atoms with E-state index in [4.69, 9.17) is 27.9 Å². The number of carbonyl (C=O) groups excluding carboxylic acids is 1. The highest BCUT2D eigenvalue weighted by Crippen LogP contribution is 2.37. The second-order valence-electron chi connectivity index (χ2n) is 12.7. The summed E-state index contributed by atoms with van der Waals surface area (Å²) in [6, 6.07) is 30.7. The summed E-state index contributed by atoms with van der Waals surface area (Å²) in [7, 11) is -2.76. The Morgan fingerprint density at radius 1 is 0.784 bits per heavy atom. The van der Waals surface area contributed by atoms with Crippen LogP contribution in [0.3, 0.4) is 0 Å². The Morgan fingerprint density at radius 3 is 2.02 bits per heavy atom. The molecule has 7 nitrogen and oxygen atoms in total. The molecule has 0 spiro atoms. The Balaban J connectivity index is 1.43. The van der Waals surface area contributed by atoms with E-state index in [0.717, 1.165) is 22.3 Å². The Kier molecular flexibility index (Phi) is 12.4. The van der Waals surface area contributed by atoms with E-state index in [0.29, 0.717) is 30.0 Å². The molecule has 0 aliphatic heterocycles. The summed E-state index contributed by atoms with van der Waals surface area (Å²) in [5, 5.41) is 10.6. The smallest absolute Gasteiger partial charge is 0.247 e. The van der Waals surface area contributed by atoms with Gasteiger partial charge >= 0.3 is 0 Å². The van der Waals surface area contributed by atoms with Crippen LogP contribution in [-0.2, 0) is 40.9 Å². The van der Waals surface area contributed by atoms with Gasteiger partial charge < -0.3 is 14.7 Å². The molecular formula is C40H39Cl2FN2O5S. The summed E-state index contributed by atoms with van der Waals surface area (Å²) >= 11 is 12.3. The molecule has 1 N–H and O–H groups in total. The number of hydrogen-bond donors (Lipinski definition) is 1. The lowest BCUT2D eigenvalue weighted by atomic mass is 10.0. The highest BCUT2D eigenvalue weighted by atomic mass is 35.5. The molecule has 0 bridgehead atoms. The van der Waals surface area contributed by atoms with Crippen LogP contribution in [0.5, 0.6) is 11.5 Å². The average molecular weight is 750 g/mol. The zero-order valence-electron chi connectivity index (χ0n) is 28.5. The molecule has 1 amide bonds. The number of methoxy groups -OCH3 is 1. The molecule has 266 valence electrons. The minimum Gasteiger partial charge on any atom is -0.505 e. The number of benzene rings is 5. The van der Waals surface area contributed by atoms with Crippen LogP contribution in [0.1, 0.15) is 36.1 Å². The number of sulfonamides is 1. The van der Waals surface area contributed by atoms with Gasteiger partial charge in [-0.05, 0) is 75.7 Å². The predicted molar refractivity (Wildman–Crippen MR) is 200 cm³/mol. The van der Waals surface area contributed by atoms with Crippen molar-refractivity contribution >= 4 is 39.1 Å². The number of nitrogens with zero attached hydrogens (tertiary/aromatic N) is 2. The number of amides is 1. The average Bonchev–Trinajstić information content (AvgIpc) is 3.10. The summed E-state index contributed by atoms with van der Waals surface area (Å²) in [6.45, 7) is 4.87. The third kappa shape index (κ3) is 9.89. The molecule has 5 aromatic carbocycles. The number of aromatic hydroxyl groups is 1. The van der Waals surface area contributed by atoms with Crippen molar-refractivity contribution < 1.29 is 27.4 Å². The molecule has 0 aliphatic rings. The number of hydrogen-bond acceptors (Lipinski definition) is 5. The molecule has 0 aromatic heterocycles. The number of halogens is 3. The van der Waals surface area contributed by atoms with Crippen molar-refractivity contribution in [3.8, 4) is 22.6 Å².